The molecule has 3 aromatic rings. The summed E-state index contributed by atoms with van der Waals surface area (Å²) in [4.78, 5) is 0. The van der Waals surface area contributed by atoms with Crippen molar-refractivity contribution in [2.24, 2.45) is 0 Å². The largest absolute Gasteiger partial charge is 0.332 e. The molecule has 0 aliphatic rings. The molecule has 0 saturated carbocycles. The van der Waals surface area contributed by atoms with E-state index >= 15 is 0 Å². The van der Waals surface area contributed by atoms with E-state index in [1.807, 2.05) is 48.0 Å². The Morgan fingerprint density at radius 3 is 2.44 bits per heavy atom. The third-order valence-corrected chi connectivity index (χ3v) is 4.18. The van der Waals surface area contributed by atoms with Crippen LogP contribution in [0.3, 0.4) is 0 Å². The number of anilines is 2. The van der Waals surface area contributed by atoms with E-state index in [-0.39, 0.29) is 0 Å². The van der Waals surface area contributed by atoms with Crippen LogP contribution in [0.2, 0.25) is 5.02 Å². The highest BCUT2D eigenvalue weighted by Gasteiger charge is 2.04. The van der Waals surface area contributed by atoms with Crippen LogP contribution in [0.15, 0.2) is 54.6 Å². The molecular formula is C19H19ClN4S. The minimum atomic E-state index is 0.533. The first-order chi connectivity index (χ1) is 12.0. The van der Waals surface area contributed by atoms with Gasteiger partial charge >= 0.3 is 0 Å². The highest BCUT2D eigenvalue weighted by Crippen LogP contribution is 2.16. The van der Waals surface area contributed by atoms with Gasteiger partial charge in [-0.05, 0) is 74.1 Å². The molecule has 0 spiro atoms. The summed E-state index contributed by atoms with van der Waals surface area (Å²) in [7, 11) is 0. The van der Waals surface area contributed by atoms with E-state index in [0.29, 0.717) is 10.1 Å². The van der Waals surface area contributed by atoms with Crippen molar-refractivity contribution in [3.05, 3.63) is 76.6 Å². The summed E-state index contributed by atoms with van der Waals surface area (Å²) in [6.07, 6.45) is 0. The monoisotopic (exact) mass is 370 g/mol. The van der Waals surface area contributed by atoms with Crippen molar-refractivity contribution in [2.45, 2.75) is 20.4 Å². The maximum Gasteiger partial charge on any atom is 0.175 e. The number of nitrogens with zero attached hydrogens (tertiary/aromatic N) is 2. The summed E-state index contributed by atoms with van der Waals surface area (Å²) in [5, 5.41) is 12.1. The number of hydrogen-bond acceptors (Lipinski definition) is 2. The van der Waals surface area contributed by atoms with Gasteiger partial charge in [-0.1, -0.05) is 23.7 Å². The van der Waals surface area contributed by atoms with Crippen LogP contribution < -0.4 is 10.6 Å². The van der Waals surface area contributed by atoms with Gasteiger partial charge in [-0.3, -0.25) is 4.68 Å². The zero-order chi connectivity index (χ0) is 17.8. The molecular weight excluding hydrogens is 352 g/mol. The number of hydrogen-bond donors (Lipinski definition) is 2. The lowest BCUT2D eigenvalue weighted by Gasteiger charge is -2.12. The number of nitrogens with one attached hydrogen (secondary N) is 2. The minimum Gasteiger partial charge on any atom is -0.332 e. The van der Waals surface area contributed by atoms with Crippen molar-refractivity contribution >= 4 is 40.3 Å². The Balaban J connectivity index is 1.65. The number of halogens is 1. The van der Waals surface area contributed by atoms with Crippen LogP contribution in [0.25, 0.3) is 0 Å². The van der Waals surface area contributed by atoms with Crippen LogP contribution in [-0.4, -0.2) is 14.9 Å². The standard InChI is InChI=1S/C19H19ClN4S/c1-13-10-14(2)24(23-13)12-15-4-3-5-18(11-15)22-19(25)21-17-8-6-16(20)7-9-17/h3-11H,12H2,1-2H3,(H2,21,22,25). The first-order valence-electron chi connectivity index (χ1n) is 7.93. The number of thiocarbonyl (C=S) groups is 1. The Bertz CT molecular complexity index is 887. The normalized spacial score (nSPS) is 10.5. The highest BCUT2D eigenvalue weighted by atomic mass is 35.5. The summed E-state index contributed by atoms with van der Waals surface area (Å²) >= 11 is 11.3. The van der Waals surface area contributed by atoms with E-state index in [2.05, 4.69) is 40.9 Å². The molecule has 6 heteroatoms. The third kappa shape index (κ3) is 4.81. The highest BCUT2D eigenvalue weighted by molar-refractivity contribution is 7.80. The molecule has 3 rings (SSSR count). The lowest BCUT2D eigenvalue weighted by atomic mass is 10.2. The molecule has 0 unspecified atom stereocenters. The SMILES string of the molecule is Cc1cc(C)n(Cc2cccc(NC(=S)Nc3ccc(Cl)cc3)c2)n1. The Hall–Kier alpha value is -2.37. The van der Waals surface area contributed by atoms with Crippen LogP contribution in [0.1, 0.15) is 17.0 Å². The van der Waals surface area contributed by atoms with Crippen molar-refractivity contribution in [1.29, 1.82) is 0 Å². The molecule has 0 fully saturated rings. The summed E-state index contributed by atoms with van der Waals surface area (Å²) in [6, 6.07) is 17.6. The zero-order valence-corrected chi connectivity index (χ0v) is 15.7. The second-order valence-corrected chi connectivity index (χ2v) is 6.72. The summed E-state index contributed by atoms with van der Waals surface area (Å²) in [5.41, 5.74) is 5.16. The van der Waals surface area contributed by atoms with Crippen molar-refractivity contribution in [3.8, 4) is 0 Å². The van der Waals surface area contributed by atoms with Gasteiger partial charge in [-0.2, -0.15) is 5.10 Å². The van der Waals surface area contributed by atoms with Crippen LogP contribution in [0.5, 0.6) is 0 Å². The van der Waals surface area contributed by atoms with Gasteiger partial charge in [-0.25, -0.2) is 0 Å². The molecule has 25 heavy (non-hydrogen) atoms. The first-order valence-corrected chi connectivity index (χ1v) is 8.72. The molecule has 0 amide bonds. The molecule has 2 N–H and O–H groups in total. The fourth-order valence-electron chi connectivity index (χ4n) is 2.58. The first kappa shape index (κ1) is 17.5. The molecule has 4 nitrogen and oxygen atoms in total. The molecule has 0 atom stereocenters. The van der Waals surface area contributed by atoms with Crippen LogP contribution in [0.4, 0.5) is 11.4 Å². The van der Waals surface area contributed by atoms with Crippen LogP contribution >= 0.6 is 23.8 Å². The molecule has 2 aromatic carbocycles. The van der Waals surface area contributed by atoms with Gasteiger partial charge in [0, 0.05) is 22.1 Å². The van der Waals surface area contributed by atoms with E-state index in [1.165, 1.54) is 0 Å². The van der Waals surface area contributed by atoms with Crippen molar-refractivity contribution in [1.82, 2.24) is 9.78 Å². The zero-order valence-electron chi connectivity index (χ0n) is 14.1. The smallest absolute Gasteiger partial charge is 0.175 e. The van der Waals surface area contributed by atoms with Crippen molar-refractivity contribution in [2.75, 3.05) is 10.6 Å². The van der Waals surface area contributed by atoms with Gasteiger partial charge in [0.25, 0.3) is 0 Å². The van der Waals surface area contributed by atoms with E-state index in [9.17, 15) is 0 Å². The molecule has 0 radical (unpaired) electrons. The van der Waals surface area contributed by atoms with Gasteiger partial charge in [0.2, 0.25) is 0 Å². The fraction of sp³-hybridized carbons (Fsp3) is 0.158. The molecule has 0 saturated heterocycles. The molecule has 1 heterocycles. The maximum atomic E-state index is 5.89. The minimum absolute atomic E-state index is 0.533. The number of rotatable bonds is 4. The summed E-state index contributed by atoms with van der Waals surface area (Å²) in [5.74, 6) is 0. The Labute approximate surface area is 157 Å². The molecule has 0 bridgehead atoms. The molecule has 0 aliphatic heterocycles. The van der Waals surface area contributed by atoms with Crippen molar-refractivity contribution < 1.29 is 0 Å². The third-order valence-electron chi connectivity index (χ3n) is 3.72. The van der Waals surface area contributed by atoms with Gasteiger partial charge in [0.05, 0.1) is 12.2 Å². The summed E-state index contributed by atoms with van der Waals surface area (Å²) < 4.78 is 2.00. The van der Waals surface area contributed by atoms with Crippen LogP contribution in [-0.2, 0) is 6.54 Å². The predicted molar refractivity (Wildman–Crippen MR) is 109 cm³/mol. The molecule has 128 valence electrons. The Morgan fingerprint density at radius 1 is 1.04 bits per heavy atom. The van der Waals surface area contributed by atoms with E-state index < -0.39 is 0 Å². The number of aromatic nitrogens is 2. The van der Waals surface area contributed by atoms with E-state index in [1.54, 1.807) is 0 Å². The Kier molecular flexibility index (Phi) is 5.36. The summed E-state index contributed by atoms with van der Waals surface area (Å²) in [6.45, 7) is 4.79. The lowest BCUT2D eigenvalue weighted by molar-refractivity contribution is 0.659. The second kappa shape index (κ2) is 7.68. The Morgan fingerprint density at radius 2 is 1.76 bits per heavy atom. The van der Waals surface area contributed by atoms with E-state index in [0.717, 1.165) is 34.9 Å². The number of benzene rings is 2. The predicted octanol–water partition coefficient (Wildman–Crippen LogP) is 5.01. The van der Waals surface area contributed by atoms with Crippen molar-refractivity contribution in [3.63, 3.8) is 0 Å². The van der Waals surface area contributed by atoms with Gasteiger partial charge in [-0.15, -0.1) is 0 Å². The quantitative estimate of drug-likeness (QED) is 0.633. The fourth-order valence-corrected chi connectivity index (χ4v) is 2.94. The lowest BCUT2D eigenvalue weighted by Crippen LogP contribution is -2.19. The second-order valence-electron chi connectivity index (χ2n) is 5.87. The topological polar surface area (TPSA) is 41.9 Å². The maximum absolute atomic E-state index is 5.89. The van der Waals surface area contributed by atoms with Gasteiger partial charge in [0.15, 0.2) is 5.11 Å². The van der Waals surface area contributed by atoms with E-state index in [4.69, 9.17) is 23.8 Å². The number of aryl methyl sites for hydroxylation is 2. The average Bonchev–Trinajstić information content (AvgIpc) is 2.87. The molecule has 1 aromatic heterocycles. The van der Waals surface area contributed by atoms with Gasteiger partial charge < -0.3 is 10.6 Å². The molecule has 0 aliphatic carbocycles. The van der Waals surface area contributed by atoms with Gasteiger partial charge in [0.1, 0.15) is 0 Å². The van der Waals surface area contributed by atoms with Crippen LogP contribution in [0, 0.1) is 13.8 Å². The average molecular weight is 371 g/mol.